The van der Waals surface area contributed by atoms with Crippen molar-refractivity contribution in [3.63, 3.8) is 0 Å². The highest BCUT2D eigenvalue weighted by Crippen LogP contribution is 2.37. The Kier molecular flexibility index (Phi) is 4.87. The van der Waals surface area contributed by atoms with Gasteiger partial charge in [-0.05, 0) is 44.0 Å². The van der Waals surface area contributed by atoms with E-state index in [-0.39, 0.29) is 23.8 Å². The number of carboxylic acid groups (broad SMARTS) is 1. The first kappa shape index (κ1) is 18.2. The maximum atomic E-state index is 12.9. The highest BCUT2D eigenvalue weighted by atomic mass is 32.2. The van der Waals surface area contributed by atoms with Crippen LogP contribution >= 0.6 is 11.8 Å². The summed E-state index contributed by atoms with van der Waals surface area (Å²) in [4.78, 5) is 38.6. The minimum Gasteiger partial charge on any atom is -0.478 e. The number of carboxylic acids is 1. The zero-order valence-corrected chi connectivity index (χ0v) is 15.6. The molecule has 0 saturated carbocycles. The number of aromatic carboxylic acids is 1. The zero-order valence-electron chi connectivity index (χ0n) is 14.8. The minimum absolute atomic E-state index is 0.0597. The number of rotatable bonds is 4. The van der Waals surface area contributed by atoms with Gasteiger partial charge in [-0.3, -0.25) is 9.59 Å². The van der Waals surface area contributed by atoms with Crippen LogP contribution in [0.3, 0.4) is 0 Å². The molecule has 5 nitrogen and oxygen atoms in total. The van der Waals surface area contributed by atoms with Gasteiger partial charge in [0.2, 0.25) is 11.8 Å². The molecule has 0 radical (unpaired) electrons. The van der Waals surface area contributed by atoms with Crippen LogP contribution in [0.2, 0.25) is 0 Å². The third-order valence-electron chi connectivity index (χ3n) is 4.35. The predicted octanol–water partition coefficient (Wildman–Crippen LogP) is 3.73. The molecule has 0 bridgehead atoms. The monoisotopic (exact) mass is 369 g/mol. The number of benzene rings is 2. The Morgan fingerprint density at radius 3 is 2.35 bits per heavy atom. The van der Waals surface area contributed by atoms with Crippen molar-refractivity contribution in [3.8, 4) is 0 Å². The Morgan fingerprint density at radius 1 is 1.12 bits per heavy atom. The SMILES string of the molecule is Cc1cc(C)c(N2C(=O)C[C@H](Sc3ccccc3C(=O)O)C2=O)c(C)c1. The predicted molar refractivity (Wildman–Crippen MR) is 101 cm³/mol. The van der Waals surface area contributed by atoms with E-state index in [2.05, 4.69) is 0 Å². The van der Waals surface area contributed by atoms with E-state index in [1.54, 1.807) is 18.2 Å². The van der Waals surface area contributed by atoms with Gasteiger partial charge in [0.25, 0.3) is 0 Å². The van der Waals surface area contributed by atoms with Crippen LogP contribution in [0.4, 0.5) is 5.69 Å². The number of hydrogen-bond donors (Lipinski definition) is 1. The molecule has 6 heteroatoms. The average Bonchev–Trinajstić information content (AvgIpc) is 2.82. The lowest BCUT2D eigenvalue weighted by atomic mass is 10.0. The van der Waals surface area contributed by atoms with Crippen molar-refractivity contribution in [1.82, 2.24) is 0 Å². The van der Waals surface area contributed by atoms with Gasteiger partial charge in [0.15, 0.2) is 0 Å². The van der Waals surface area contributed by atoms with Crippen LogP contribution in [0, 0.1) is 20.8 Å². The van der Waals surface area contributed by atoms with Crippen LogP contribution in [0.1, 0.15) is 33.5 Å². The fourth-order valence-electron chi connectivity index (χ4n) is 3.36. The molecule has 26 heavy (non-hydrogen) atoms. The fraction of sp³-hybridized carbons (Fsp3) is 0.250. The number of anilines is 1. The molecule has 1 fully saturated rings. The Balaban J connectivity index is 1.93. The van der Waals surface area contributed by atoms with Crippen LogP contribution in [0.5, 0.6) is 0 Å². The van der Waals surface area contributed by atoms with E-state index in [1.807, 2.05) is 32.9 Å². The number of aryl methyl sites for hydroxylation is 3. The second kappa shape index (κ2) is 6.96. The van der Waals surface area contributed by atoms with Crippen molar-refractivity contribution in [1.29, 1.82) is 0 Å². The largest absolute Gasteiger partial charge is 0.478 e. The standard InChI is InChI=1S/C20H19NO4S/c1-11-8-12(2)18(13(3)9-11)21-17(22)10-16(19(21)23)26-15-7-5-4-6-14(15)20(24)25/h4-9,16H,10H2,1-3H3,(H,24,25)/t16-/m0/s1. The molecule has 1 N–H and O–H groups in total. The Bertz CT molecular complexity index is 899. The summed E-state index contributed by atoms with van der Waals surface area (Å²) in [6.45, 7) is 5.74. The van der Waals surface area contributed by atoms with Crippen LogP contribution in [-0.4, -0.2) is 28.1 Å². The molecule has 1 saturated heterocycles. The molecule has 0 unspecified atom stereocenters. The number of carbonyl (C=O) groups excluding carboxylic acids is 2. The Labute approximate surface area is 156 Å². The van der Waals surface area contributed by atoms with E-state index in [4.69, 9.17) is 0 Å². The van der Waals surface area contributed by atoms with Crippen LogP contribution in [-0.2, 0) is 9.59 Å². The van der Waals surface area contributed by atoms with Gasteiger partial charge in [0, 0.05) is 11.3 Å². The molecule has 1 atom stereocenters. The summed E-state index contributed by atoms with van der Waals surface area (Å²) < 4.78 is 0. The van der Waals surface area contributed by atoms with Gasteiger partial charge < -0.3 is 5.11 Å². The van der Waals surface area contributed by atoms with Crippen LogP contribution in [0.15, 0.2) is 41.3 Å². The van der Waals surface area contributed by atoms with Gasteiger partial charge in [-0.1, -0.05) is 29.8 Å². The molecule has 0 spiro atoms. The zero-order chi connectivity index (χ0) is 19.0. The van der Waals surface area contributed by atoms with E-state index in [9.17, 15) is 19.5 Å². The van der Waals surface area contributed by atoms with Crippen molar-refractivity contribution >= 4 is 35.2 Å². The molecule has 1 aliphatic heterocycles. The maximum absolute atomic E-state index is 12.9. The first-order valence-electron chi connectivity index (χ1n) is 8.23. The minimum atomic E-state index is -1.05. The average molecular weight is 369 g/mol. The lowest BCUT2D eigenvalue weighted by Gasteiger charge is -2.20. The summed E-state index contributed by atoms with van der Waals surface area (Å²) in [7, 11) is 0. The molecule has 1 heterocycles. The molecule has 2 amide bonds. The van der Waals surface area contributed by atoms with Gasteiger partial charge in [-0.15, -0.1) is 11.8 Å². The summed E-state index contributed by atoms with van der Waals surface area (Å²) in [5, 5.41) is 8.69. The molecular weight excluding hydrogens is 350 g/mol. The molecule has 0 aromatic heterocycles. The smallest absolute Gasteiger partial charge is 0.336 e. The van der Waals surface area contributed by atoms with Gasteiger partial charge >= 0.3 is 5.97 Å². The van der Waals surface area contributed by atoms with Gasteiger partial charge in [-0.2, -0.15) is 0 Å². The fourth-order valence-corrected chi connectivity index (χ4v) is 4.53. The number of hydrogen-bond acceptors (Lipinski definition) is 4. The summed E-state index contributed by atoms with van der Waals surface area (Å²) in [6.07, 6.45) is 0.0597. The molecule has 2 aromatic rings. The number of nitrogens with zero attached hydrogens (tertiary/aromatic N) is 1. The first-order valence-corrected chi connectivity index (χ1v) is 9.11. The topological polar surface area (TPSA) is 74.7 Å². The second-order valence-corrected chi connectivity index (χ2v) is 7.67. The number of carbonyl (C=O) groups is 3. The molecule has 0 aliphatic carbocycles. The number of amides is 2. The molecule has 134 valence electrons. The second-order valence-electron chi connectivity index (χ2n) is 6.43. The summed E-state index contributed by atoms with van der Waals surface area (Å²) in [5.41, 5.74) is 3.60. The quantitative estimate of drug-likeness (QED) is 0.831. The Hall–Kier alpha value is -2.60. The maximum Gasteiger partial charge on any atom is 0.336 e. The van der Waals surface area contributed by atoms with E-state index in [1.165, 1.54) is 11.0 Å². The van der Waals surface area contributed by atoms with Crippen molar-refractivity contribution in [2.45, 2.75) is 37.3 Å². The molecule has 2 aromatic carbocycles. The van der Waals surface area contributed by atoms with Crippen molar-refractivity contribution in [2.24, 2.45) is 0 Å². The summed E-state index contributed by atoms with van der Waals surface area (Å²) >= 11 is 1.14. The lowest BCUT2D eigenvalue weighted by molar-refractivity contribution is -0.121. The van der Waals surface area contributed by atoms with Gasteiger partial charge in [0.1, 0.15) is 0 Å². The normalized spacial score (nSPS) is 17.0. The summed E-state index contributed by atoms with van der Waals surface area (Å²) in [5.74, 6) is -1.60. The summed E-state index contributed by atoms with van der Waals surface area (Å²) in [6, 6.07) is 10.4. The highest BCUT2D eigenvalue weighted by Gasteiger charge is 2.41. The van der Waals surface area contributed by atoms with E-state index >= 15 is 0 Å². The number of imide groups is 1. The van der Waals surface area contributed by atoms with Crippen molar-refractivity contribution < 1.29 is 19.5 Å². The van der Waals surface area contributed by atoms with Crippen molar-refractivity contribution in [3.05, 3.63) is 58.7 Å². The lowest BCUT2D eigenvalue weighted by Crippen LogP contribution is -2.32. The van der Waals surface area contributed by atoms with E-state index in [0.717, 1.165) is 28.5 Å². The molecule has 1 aliphatic rings. The first-order chi connectivity index (χ1) is 12.3. The van der Waals surface area contributed by atoms with E-state index < -0.39 is 11.2 Å². The van der Waals surface area contributed by atoms with Crippen LogP contribution in [0.25, 0.3) is 0 Å². The third-order valence-corrected chi connectivity index (χ3v) is 5.61. The Morgan fingerprint density at radius 2 is 1.73 bits per heavy atom. The van der Waals surface area contributed by atoms with Gasteiger partial charge in [-0.25, -0.2) is 9.69 Å². The molecule has 3 rings (SSSR count). The highest BCUT2D eigenvalue weighted by molar-refractivity contribution is 8.00. The van der Waals surface area contributed by atoms with Crippen LogP contribution < -0.4 is 4.90 Å². The number of thioether (sulfide) groups is 1. The van der Waals surface area contributed by atoms with E-state index in [0.29, 0.717) is 10.6 Å². The van der Waals surface area contributed by atoms with Crippen molar-refractivity contribution in [2.75, 3.05) is 4.90 Å². The molecular formula is C20H19NO4S. The third kappa shape index (κ3) is 3.24. The van der Waals surface area contributed by atoms with Gasteiger partial charge in [0.05, 0.1) is 16.5 Å².